The number of nitrogens with zero attached hydrogens (tertiary/aromatic N) is 2. The van der Waals surface area contributed by atoms with Gasteiger partial charge in [-0.2, -0.15) is 0 Å². The third kappa shape index (κ3) is 3.74. The second kappa shape index (κ2) is 7.16. The van der Waals surface area contributed by atoms with E-state index < -0.39 is 0 Å². The minimum absolute atomic E-state index is 0.0977. The second-order valence-corrected chi connectivity index (χ2v) is 6.92. The zero-order valence-electron chi connectivity index (χ0n) is 13.9. The van der Waals surface area contributed by atoms with Gasteiger partial charge in [-0.1, -0.05) is 49.6 Å². The van der Waals surface area contributed by atoms with Gasteiger partial charge >= 0.3 is 0 Å². The van der Waals surface area contributed by atoms with E-state index in [0.717, 1.165) is 18.4 Å². The molecule has 0 bridgehead atoms. The van der Waals surface area contributed by atoms with Crippen LogP contribution in [0.1, 0.15) is 44.1 Å². The molecule has 0 aromatic heterocycles. The maximum absolute atomic E-state index is 12.7. The maximum Gasteiger partial charge on any atom is 0.228 e. The van der Waals surface area contributed by atoms with E-state index in [2.05, 4.69) is 0 Å². The predicted octanol–water partition coefficient (Wildman–Crippen LogP) is 2.83. The third-order valence-electron chi connectivity index (χ3n) is 5.16. The highest BCUT2D eigenvalue weighted by atomic mass is 16.2. The van der Waals surface area contributed by atoms with Crippen LogP contribution >= 0.6 is 0 Å². The molecule has 4 heteroatoms. The fourth-order valence-corrected chi connectivity index (χ4v) is 3.89. The van der Waals surface area contributed by atoms with Crippen LogP contribution in [0.4, 0.5) is 0 Å². The van der Waals surface area contributed by atoms with E-state index in [-0.39, 0.29) is 17.7 Å². The lowest BCUT2D eigenvalue weighted by atomic mass is 9.94. The van der Waals surface area contributed by atoms with Gasteiger partial charge in [0.05, 0.1) is 5.92 Å². The van der Waals surface area contributed by atoms with Gasteiger partial charge in [0.2, 0.25) is 11.8 Å². The molecule has 1 atom stereocenters. The number of benzene rings is 1. The van der Waals surface area contributed by atoms with E-state index in [0.29, 0.717) is 25.6 Å². The Bertz CT molecular complexity index is 552. The van der Waals surface area contributed by atoms with E-state index in [1.165, 1.54) is 19.3 Å². The molecule has 0 N–H and O–H groups in total. The van der Waals surface area contributed by atoms with E-state index in [1.54, 1.807) is 4.90 Å². The van der Waals surface area contributed by atoms with Gasteiger partial charge in [0, 0.05) is 32.6 Å². The van der Waals surface area contributed by atoms with Crippen molar-refractivity contribution in [3.63, 3.8) is 0 Å². The molecule has 2 fully saturated rings. The number of hydrogen-bond donors (Lipinski definition) is 0. The van der Waals surface area contributed by atoms with E-state index in [4.69, 9.17) is 0 Å². The Labute approximate surface area is 138 Å². The summed E-state index contributed by atoms with van der Waals surface area (Å²) in [6, 6.07) is 10.4. The van der Waals surface area contributed by atoms with Crippen LogP contribution in [-0.2, 0) is 16.1 Å². The summed E-state index contributed by atoms with van der Waals surface area (Å²) in [5.74, 6) is 0.0991. The van der Waals surface area contributed by atoms with Crippen molar-refractivity contribution in [1.29, 1.82) is 0 Å². The largest absolute Gasteiger partial charge is 0.341 e. The Morgan fingerprint density at radius 1 is 1.17 bits per heavy atom. The molecule has 1 unspecified atom stereocenters. The molecule has 23 heavy (non-hydrogen) atoms. The molecular formula is C19H26N2O2. The van der Waals surface area contributed by atoms with Crippen molar-refractivity contribution in [2.24, 2.45) is 5.92 Å². The van der Waals surface area contributed by atoms with Crippen LogP contribution in [0.25, 0.3) is 0 Å². The average Bonchev–Trinajstić information content (AvgIpc) is 2.97. The number of likely N-dealkylation sites (tertiary alicyclic amines) is 1. The summed E-state index contributed by atoms with van der Waals surface area (Å²) in [5, 5.41) is 0. The molecule has 1 aliphatic carbocycles. The lowest BCUT2D eigenvalue weighted by molar-refractivity contribution is -0.135. The van der Waals surface area contributed by atoms with Crippen molar-refractivity contribution < 1.29 is 9.59 Å². The Balaban J connectivity index is 1.58. The molecule has 0 spiro atoms. The van der Waals surface area contributed by atoms with Crippen LogP contribution in [0.2, 0.25) is 0 Å². The van der Waals surface area contributed by atoms with E-state index in [9.17, 15) is 9.59 Å². The zero-order valence-corrected chi connectivity index (χ0v) is 13.9. The van der Waals surface area contributed by atoms with Crippen LogP contribution in [0.15, 0.2) is 30.3 Å². The predicted molar refractivity (Wildman–Crippen MR) is 89.6 cm³/mol. The van der Waals surface area contributed by atoms with Gasteiger partial charge in [-0.05, 0) is 18.4 Å². The summed E-state index contributed by atoms with van der Waals surface area (Å²) >= 11 is 0. The number of carbonyl (C=O) groups excluding carboxylic acids is 2. The third-order valence-corrected chi connectivity index (χ3v) is 5.16. The first-order valence-corrected chi connectivity index (χ1v) is 8.73. The summed E-state index contributed by atoms with van der Waals surface area (Å²) in [6.45, 7) is 1.22. The molecule has 1 saturated heterocycles. The molecule has 0 radical (unpaired) electrons. The molecule has 1 aliphatic heterocycles. The molecule has 2 aliphatic rings. The maximum atomic E-state index is 12.7. The number of amides is 2. The van der Waals surface area contributed by atoms with Crippen molar-refractivity contribution in [2.45, 2.75) is 51.1 Å². The SMILES string of the molecule is CN(Cc1ccccc1)C(=O)C1CC(=O)N(C2CCCCC2)C1. The van der Waals surface area contributed by atoms with Crippen molar-refractivity contribution in [1.82, 2.24) is 9.80 Å². The van der Waals surface area contributed by atoms with Crippen molar-refractivity contribution in [3.05, 3.63) is 35.9 Å². The number of carbonyl (C=O) groups is 2. The summed E-state index contributed by atoms with van der Waals surface area (Å²) < 4.78 is 0. The van der Waals surface area contributed by atoms with Gasteiger partial charge in [0.15, 0.2) is 0 Å². The highest BCUT2D eigenvalue weighted by molar-refractivity contribution is 5.89. The summed E-state index contributed by atoms with van der Waals surface area (Å²) in [7, 11) is 1.84. The van der Waals surface area contributed by atoms with Gasteiger partial charge < -0.3 is 9.80 Å². The van der Waals surface area contributed by atoms with Crippen molar-refractivity contribution in [2.75, 3.05) is 13.6 Å². The number of hydrogen-bond acceptors (Lipinski definition) is 2. The van der Waals surface area contributed by atoms with Crippen LogP contribution < -0.4 is 0 Å². The smallest absolute Gasteiger partial charge is 0.228 e. The van der Waals surface area contributed by atoms with Gasteiger partial charge in [0.1, 0.15) is 0 Å². The second-order valence-electron chi connectivity index (χ2n) is 6.92. The molecule has 1 aromatic rings. The van der Waals surface area contributed by atoms with Gasteiger partial charge in [-0.15, -0.1) is 0 Å². The first-order chi connectivity index (χ1) is 11.1. The molecule has 1 saturated carbocycles. The Kier molecular flexibility index (Phi) is 4.99. The highest BCUT2D eigenvalue weighted by Crippen LogP contribution is 2.29. The van der Waals surface area contributed by atoms with Crippen LogP contribution in [-0.4, -0.2) is 41.2 Å². The fraction of sp³-hybridized carbons (Fsp3) is 0.579. The molecular weight excluding hydrogens is 288 g/mol. The molecule has 124 valence electrons. The molecule has 4 nitrogen and oxygen atoms in total. The lowest BCUT2D eigenvalue weighted by Crippen LogP contribution is -2.39. The quantitative estimate of drug-likeness (QED) is 0.857. The summed E-state index contributed by atoms with van der Waals surface area (Å²) in [6.07, 6.45) is 6.29. The molecule has 2 amide bonds. The standard InChI is InChI=1S/C19H26N2O2/c1-20(13-15-8-4-2-5-9-15)19(23)16-12-18(22)21(14-16)17-10-6-3-7-11-17/h2,4-5,8-9,16-17H,3,6-7,10-14H2,1H3. The van der Waals surface area contributed by atoms with E-state index >= 15 is 0 Å². The van der Waals surface area contributed by atoms with E-state index in [1.807, 2.05) is 42.3 Å². The first-order valence-electron chi connectivity index (χ1n) is 8.73. The normalized spacial score (nSPS) is 22.4. The zero-order chi connectivity index (χ0) is 16.2. The molecule has 1 heterocycles. The molecule has 1 aromatic carbocycles. The first kappa shape index (κ1) is 16.0. The van der Waals surface area contributed by atoms with Gasteiger partial charge in [-0.3, -0.25) is 9.59 Å². The molecule has 3 rings (SSSR count). The lowest BCUT2D eigenvalue weighted by Gasteiger charge is -2.31. The van der Waals surface area contributed by atoms with Crippen molar-refractivity contribution >= 4 is 11.8 Å². The van der Waals surface area contributed by atoms with Crippen molar-refractivity contribution in [3.8, 4) is 0 Å². The fourth-order valence-electron chi connectivity index (χ4n) is 3.89. The van der Waals surface area contributed by atoms with Crippen LogP contribution in [0.5, 0.6) is 0 Å². The Morgan fingerprint density at radius 2 is 1.87 bits per heavy atom. The average molecular weight is 314 g/mol. The minimum atomic E-state index is -0.168. The summed E-state index contributed by atoms with van der Waals surface area (Å²) in [4.78, 5) is 28.7. The summed E-state index contributed by atoms with van der Waals surface area (Å²) in [5.41, 5.74) is 1.12. The minimum Gasteiger partial charge on any atom is -0.341 e. The monoisotopic (exact) mass is 314 g/mol. The Morgan fingerprint density at radius 3 is 2.57 bits per heavy atom. The highest BCUT2D eigenvalue weighted by Gasteiger charge is 2.39. The van der Waals surface area contributed by atoms with Gasteiger partial charge in [-0.25, -0.2) is 0 Å². The topological polar surface area (TPSA) is 40.6 Å². The Hall–Kier alpha value is -1.84. The van der Waals surface area contributed by atoms with Gasteiger partial charge in [0.25, 0.3) is 0 Å². The van der Waals surface area contributed by atoms with Crippen LogP contribution in [0.3, 0.4) is 0 Å². The number of rotatable bonds is 4. The van der Waals surface area contributed by atoms with Crippen LogP contribution in [0, 0.1) is 5.92 Å².